The number of rotatable bonds is 7. The zero-order chi connectivity index (χ0) is 19.2. The summed E-state index contributed by atoms with van der Waals surface area (Å²) in [4.78, 5) is 44.8. The van der Waals surface area contributed by atoms with Crippen LogP contribution in [-0.4, -0.2) is 51.2 Å². The number of hydrogen-bond acceptors (Lipinski definition) is 8. The molecular weight excluding hydrogens is 336 g/mol. The molecule has 0 spiro atoms. The van der Waals surface area contributed by atoms with Crippen molar-refractivity contribution in [2.24, 2.45) is 0 Å². The molecule has 0 amide bonds. The minimum Gasteiger partial charge on any atom is -0.479 e. The van der Waals surface area contributed by atoms with Gasteiger partial charge in [0.25, 0.3) is 0 Å². The second-order valence-corrected chi connectivity index (χ2v) is 4.91. The molecule has 0 heterocycles. The lowest BCUT2D eigenvalue weighted by Crippen LogP contribution is -2.49. The number of esters is 2. The van der Waals surface area contributed by atoms with Crippen LogP contribution in [0.5, 0.6) is 11.5 Å². The Hall–Kier alpha value is -3.04. The number of ether oxygens (including phenoxy) is 2. The average molecular weight is 352 g/mol. The molecule has 0 bridgehead atoms. The second-order valence-electron chi connectivity index (χ2n) is 4.91. The van der Waals surface area contributed by atoms with Crippen LogP contribution in [0.15, 0.2) is 24.3 Å². The minimum absolute atomic E-state index is 0.0245. The van der Waals surface area contributed by atoms with E-state index < -0.39 is 35.9 Å². The molecule has 1 unspecified atom stereocenters. The lowest BCUT2D eigenvalue weighted by molar-refractivity contribution is -0.167. The molecule has 134 valence electrons. The molecule has 1 aromatic carbocycles. The van der Waals surface area contributed by atoms with E-state index in [0.29, 0.717) is 0 Å². The molecule has 1 rings (SSSR count). The highest BCUT2D eigenvalue weighted by molar-refractivity contribution is 6.13. The molecule has 1 atom stereocenters. The van der Waals surface area contributed by atoms with Crippen LogP contribution >= 0.6 is 0 Å². The van der Waals surface area contributed by atoms with Crippen LogP contribution in [0.3, 0.4) is 0 Å². The van der Waals surface area contributed by atoms with E-state index in [1.54, 1.807) is 0 Å². The molecule has 1 aromatic rings. The summed E-state index contributed by atoms with van der Waals surface area (Å²) in [6.07, 6.45) is 1.89. The van der Waals surface area contributed by atoms with Gasteiger partial charge in [0.1, 0.15) is 0 Å². The molecule has 0 saturated heterocycles. The van der Waals surface area contributed by atoms with Crippen LogP contribution in [0, 0.1) is 0 Å². The molecule has 9 heteroatoms. The molecule has 0 aliphatic rings. The van der Waals surface area contributed by atoms with Crippen molar-refractivity contribution in [2.75, 3.05) is 6.61 Å². The van der Waals surface area contributed by atoms with Gasteiger partial charge >= 0.3 is 17.9 Å². The number of ketones is 1. The molecule has 0 fully saturated rings. The summed E-state index contributed by atoms with van der Waals surface area (Å²) in [6, 6.07) is 3.97. The van der Waals surface area contributed by atoms with E-state index in [1.165, 1.54) is 18.2 Å². The standard InChI is InChI=1S/C16H16O9/c1-9(18)24-12-5-3-11(7-13(12)25-10(2)19)4-6-14(20)16(23,8-17)15(21)22/h3-7,17,23H,8H2,1-2H3,(H,21,22)/b6-4+. The van der Waals surface area contributed by atoms with Crippen molar-refractivity contribution in [3.63, 3.8) is 0 Å². The normalized spacial score (nSPS) is 13.1. The number of aliphatic hydroxyl groups is 2. The first kappa shape index (κ1) is 20.0. The fraction of sp³-hybridized carbons (Fsp3) is 0.250. The topological polar surface area (TPSA) is 147 Å². The molecule has 25 heavy (non-hydrogen) atoms. The summed E-state index contributed by atoms with van der Waals surface area (Å²) < 4.78 is 9.77. The van der Waals surface area contributed by atoms with Crippen LogP contribution in [-0.2, 0) is 19.2 Å². The van der Waals surface area contributed by atoms with Gasteiger partial charge in [-0.25, -0.2) is 4.79 Å². The number of carbonyl (C=O) groups is 4. The highest BCUT2D eigenvalue weighted by Gasteiger charge is 2.42. The Morgan fingerprint density at radius 1 is 1.08 bits per heavy atom. The highest BCUT2D eigenvalue weighted by atomic mass is 16.6. The average Bonchev–Trinajstić information content (AvgIpc) is 2.52. The van der Waals surface area contributed by atoms with Gasteiger partial charge < -0.3 is 24.8 Å². The first-order chi connectivity index (χ1) is 11.6. The SMILES string of the molecule is CC(=O)Oc1ccc(/C=C/C(=O)C(O)(CO)C(=O)O)cc1OC(C)=O. The predicted octanol–water partition coefficient (Wildman–Crippen LogP) is -0.0725. The third-order valence-corrected chi connectivity index (χ3v) is 2.89. The Morgan fingerprint density at radius 3 is 2.12 bits per heavy atom. The van der Waals surface area contributed by atoms with Crippen molar-refractivity contribution in [1.29, 1.82) is 0 Å². The van der Waals surface area contributed by atoms with Crippen LogP contribution in [0.2, 0.25) is 0 Å². The summed E-state index contributed by atoms with van der Waals surface area (Å²) in [5.74, 6) is -4.57. The fourth-order valence-electron chi connectivity index (χ4n) is 1.66. The lowest BCUT2D eigenvalue weighted by atomic mass is 9.99. The molecule has 0 aliphatic carbocycles. The van der Waals surface area contributed by atoms with Gasteiger partial charge in [-0.15, -0.1) is 0 Å². The van der Waals surface area contributed by atoms with E-state index in [1.807, 2.05) is 0 Å². The van der Waals surface area contributed by atoms with Crippen molar-refractivity contribution >= 4 is 29.8 Å². The summed E-state index contributed by atoms with van der Waals surface area (Å²) in [7, 11) is 0. The molecule has 0 aliphatic heterocycles. The van der Waals surface area contributed by atoms with Crippen LogP contribution in [0.1, 0.15) is 19.4 Å². The number of benzene rings is 1. The number of aliphatic hydroxyl groups excluding tert-OH is 1. The van der Waals surface area contributed by atoms with Crippen molar-refractivity contribution in [3.05, 3.63) is 29.8 Å². The second kappa shape index (κ2) is 8.18. The predicted molar refractivity (Wildman–Crippen MR) is 82.8 cm³/mol. The third-order valence-electron chi connectivity index (χ3n) is 2.89. The smallest absolute Gasteiger partial charge is 0.346 e. The minimum atomic E-state index is -2.95. The summed E-state index contributed by atoms with van der Waals surface area (Å²) in [6.45, 7) is 0.999. The summed E-state index contributed by atoms with van der Waals surface area (Å²) in [5.41, 5.74) is -2.67. The number of carboxylic acid groups (broad SMARTS) is 1. The first-order valence-electron chi connectivity index (χ1n) is 6.90. The van der Waals surface area contributed by atoms with Crippen molar-refractivity contribution in [3.8, 4) is 11.5 Å². The fourth-order valence-corrected chi connectivity index (χ4v) is 1.66. The summed E-state index contributed by atoms with van der Waals surface area (Å²) in [5, 5.41) is 27.3. The first-order valence-corrected chi connectivity index (χ1v) is 6.90. The Labute approximate surface area is 142 Å². The van der Waals surface area contributed by atoms with Gasteiger partial charge in [0, 0.05) is 13.8 Å². The van der Waals surface area contributed by atoms with Gasteiger partial charge in [0.05, 0.1) is 6.61 Å². The zero-order valence-corrected chi connectivity index (χ0v) is 13.4. The van der Waals surface area contributed by atoms with E-state index in [-0.39, 0.29) is 17.1 Å². The highest BCUT2D eigenvalue weighted by Crippen LogP contribution is 2.29. The molecule has 9 nitrogen and oxygen atoms in total. The van der Waals surface area contributed by atoms with Gasteiger partial charge in [0.2, 0.25) is 11.4 Å². The van der Waals surface area contributed by atoms with E-state index in [2.05, 4.69) is 0 Å². The zero-order valence-electron chi connectivity index (χ0n) is 13.4. The number of aliphatic carboxylic acids is 1. The van der Waals surface area contributed by atoms with E-state index in [9.17, 15) is 24.3 Å². The van der Waals surface area contributed by atoms with Gasteiger partial charge in [-0.3, -0.25) is 14.4 Å². The maximum absolute atomic E-state index is 11.8. The van der Waals surface area contributed by atoms with E-state index in [4.69, 9.17) is 19.7 Å². The quantitative estimate of drug-likeness (QED) is 0.265. The molecule has 3 N–H and O–H groups in total. The number of hydrogen-bond donors (Lipinski definition) is 3. The maximum Gasteiger partial charge on any atom is 0.346 e. The van der Waals surface area contributed by atoms with E-state index in [0.717, 1.165) is 26.0 Å². The van der Waals surface area contributed by atoms with Crippen LogP contribution < -0.4 is 9.47 Å². The maximum atomic E-state index is 11.8. The number of carboxylic acids is 1. The molecule has 0 radical (unpaired) electrons. The monoisotopic (exact) mass is 352 g/mol. The number of carbonyl (C=O) groups excluding carboxylic acids is 3. The van der Waals surface area contributed by atoms with E-state index >= 15 is 0 Å². The molecule has 0 saturated carbocycles. The van der Waals surface area contributed by atoms with Crippen molar-refractivity contribution < 1.29 is 44.0 Å². The molecule has 0 aromatic heterocycles. The van der Waals surface area contributed by atoms with Gasteiger partial charge in [-0.1, -0.05) is 12.1 Å². The Morgan fingerprint density at radius 2 is 1.64 bits per heavy atom. The Bertz CT molecular complexity index is 735. The largest absolute Gasteiger partial charge is 0.479 e. The van der Waals surface area contributed by atoms with Crippen LogP contribution in [0.25, 0.3) is 6.08 Å². The third kappa shape index (κ3) is 5.23. The van der Waals surface area contributed by atoms with Gasteiger partial charge in [0.15, 0.2) is 11.5 Å². The Kier molecular flexibility index (Phi) is 6.54. The van der Waals surface area contributed by atoms with Crippen LogP contribution in [0.4, 0.5) is 0 Å². The van der Waals surface area contributed by atoms with Gasteiger partial charge in [-0.2, -0.15) is 0 Å². The lowest BCUT2D eigenvalue weighted by Gasteiger charge is -2.16. The van der Waals surface area contributed by atoms with Crippen molar-refractivity contribution in [2.45, 2.75) is 19.4 Å². The van der Waals surface area contributed by atoms with Gasteiger partial charge in [-0.05, 0) is 23.8 Å². The summed E-state index contributed by atoms with van der Waals surface area (Å²) >= 11 is 0. The van der Waals surface area contributed by atoms with Crippen molar-refractivity contribution in [1.82, 2.24) is 0 Å². The Balaban J connectivity index is 3.13. The molecular formula is C16H16O9.